The third-order valence-corrected chi connectivity index (χ3v) is 5.94. The fourth-order valence-corrected chi connectivity index (χ4v) is 4.05. The first-order chi connectivity index (χ1) is 15.5. The van der Waals surface area contributed by atoms with Crippen molar-refractivity contribution in [3.05, 3.63) is 71.7 Å². The molecule has 2 aromatic carbocycles. The minimum Gasteiger partial charge on any atom is -0.346 e. The van der Waals surface area contributed by atoms with Crippen LogP contribution in [0.3, 0.4) is 0 Å². The van der Waals surface area contributed by atoms with Gasteiger partial charge in [-0.2, -0.15) is 5.10 Å². The minimum absolute atomic E-state index is 0.00694. The fraction of sp³-hybridized carbons (Fsp3) is 0.320. The Morgan fingerprint density at radius 1 is 1.19 bits per heavy atom. The van der Waals surface area contributed by atoms with Crippen molar-refractivity contribution in [3.63, 3.8) is 0 Å². The Hall–Kier alpha value is -3.48. The van der Waals surface area contributed by atoms with E-state index in [0.717, 1.165) is 35.3 Å². The lowest BCUT2D eigenvalue weighted by Crippen LogP contribution is -2.32. The molecular formula is C25H27FN4O2. The normalized spacial score (nSPS) is 15.2. The number of carbonyl (C=O) groups is 2. The predicted octanol–water partition coefficient (Wildman–Crippen LogP) is 4.20. The van der Waals surface area contributed by atoms with Gasteiger partial charge in [0.15, 0.2) is 0 Å². The molecule has 4 rings (SSSR count). The molecule has 0 bridgehead atoms. The monoisotopic (exact) mass is 434 g/mol. The van der Waals surface area contributed by atoms with E-state index in [0.29, 0.717) is 31.5 Å². The number of nitrogens with one attached hydrogen (secondary N) is 2. The average molecular weight is 435 g/mol. The van der Waals surface area contributed by atoms with Crippen LogP contribution in [0.15, 0.2) is 54.6 Å². The van der Waals surface area contributed by atoms with Crippen LogP contribution in [0.25, 0.3) is 11.3 Å². The van der Waals surface area contributed by atoms with Crippen LogP contribution in [0.1, 0.15) is 30.5 Å². The Morgan fingerprint density at radius 3 is 2.88 bits per heavy atom. The first-order valence-electron chi connectivity index (χ1n) is 10.9. The van der Waals surface area contributed by atoms with Gasteiger partial charge in [-0.3, -0.25) is 14.7 Å². The number of carbonyl (C=O) groups excluding carboxylic acids is 2. The molecule has 2 heterocycles. The van der Waals surface area contributed by atoms with Gasteiger partial charge in [-0.05, 0) is 55.5 Å². The number of fused-ring (bicyclic) bond motifs is 1. The van der Waals surface area contributed by atoms with E-state index in [1.165, 1.54) is 12.1 Å². The van der Waals surface area contributed by atoms with E-state index in [2.05, 4.69) is 15.5 Å². The van der Waals surface area contributed by atoms with Gasteiger partial charge in [0, 0.05) is 42.9 Å². The highest BCUT2D eigenvalue weighted by atomic mass is 19.1. The number of H-pyrrole nitrogens is 1. The van der Waals surface area contributed by atoms with Gasteiger partial charge in [-0.25, -0.2) is 4.39 Å². The summed E-state index contributed by atoms with van der Waals surface area (Å²) in [7, 11) is 1.80. The molecule has 0 saturated heterocycles. The largest absolute Gasteiger partial charge is 0.346 e. The molecule has 166 valence electrons. The van der Waals surface area contributed by atoms with Gasteiger partial charge in [0.05, 0.1) is 5.69 Å². The molecule has 2 N–H and O–H groups in total. The van der Waals surface area contributed by atoms with Gasteiger partial charge >= 0.3 is 0 Å². The van der Waals surface area contributed by atoms with Gasteiger partial charge in [0.25, 0.3) is 0 Å². The Morgan fingerprint density at radius 2 is 2.03 bits per heavy atom. The van der Waals surface area contributed by atoms with E-state index in [9.17, 15) is 14.0 Å². The summed E-state index contributed by atoms with van der Waals surface area (Å²) < 4.78 is 13.4. The fourth-order valence-electron chi connectivity index (χ4n) is 4.05. The third-order valence-electron chi connectivity index (χ3n) is 5.94. The second-order valence-corrected chi connectivity index (χ2v) is 8.29. The van der Waals surface area contributed by atoms with E-state index in [4.69, 9.17) is 0 Å². The van der Waals surface area contributed by atoms with Crippen LogP contribution in [0.4, 0.5) is 10.1 Å². The summed E-state index contributed by atoms with van der Waals surface area (Å²) in [5, 5.41) is 10.2. The first-order valence-corrected chi connectivity index (χ1v) is 10.9. The second kappa shape index (κ2) is 9.77. The Bertz CT molecular complexity index is 1110. The van der Waals surface area contributed by atoms with Crippen LogP contribution in [0.2, 0.25) is 0 Å². The number of halogens is 1. The molecule has 0 spiro atoms. The molecule has 1 aromatic heterocycles. The van der Waals surface area contributed by atoms with Crippen molar-refractivity contribution in [1.82, 2.24) is 15.1 Å². The van der Waals surface area contributed by atoms with Crippen LogP contribution < -0.4 is 5.32 Å². The van der Waals surface area contributed by atoms with Crippen molar-refractivity contribution in [1.29, 1.82) is 0 Å². The predicted molar refractivity (Wildman–Crippen MR) is 121 cm³/mol. The lowest BCUT2D eigenvalue weighted by molar-refractivity contribution is -0.130. The molecule has 6 nitrogen and oxygen atoms in total. The van der Waals surface area contributed by atoms with Crippen molar-refractivity contribution in [2.45, 2.75) is 32.1 Å². The number of aromatic nitrogens is 2. The highest BCUT2D eigenvalue weighted by molar-refractivity contribution is 5.96. The van der Waals surface area contributed by atoms with Crippen LogP contribution in [-0.2, 0) is 22.4 Å². The summed E-state index contributed by atoms with van der Waals surface area (Å²) in [5.74, 6) is -0.426. The van der Waals surface area contributed by atoms with E-state index in [1.54, 1.807) is 18.0 Å². The molecular weight excluding hydrogens is 407 g/mol. The van der Waals surface area contributed by atoms with Crippen molar-refractivity contribution >= 4 is 17.5 Å². The topological polar surface area (TPSA) is 78.1 Å². The molecule has 1 aliphatic heterocycles. The highest BCUT2D eigenvalue weighted by Gasteiger charge is 2.26. The number of hydrogen-bond acceptors (Lipinski definition) is 3. The molecule has 1 unspecified atom stereocenters. The molecule has 1 atom stereocenters. The number of anilines is 1. The number of hydrogen-bond donors (Lipinski definition) is 2. The number of nitrogens with zero attached hydrogens (tertiary/aromatic N) is 2. The van der Waals surface area contributed by atoms with Gasteiger partial charge in [0.2, 0.25) is 11.8 Å². The van der Waals surface area contributed by atoms with E-state index in [1.807, 2.05) is 36.4 Å². The summed E-state index contributed by atoms with van der Waals surface area (Å²) in [4.78, 5) is 26.6. The molecule has 2 amide bonds. The van der Waals surface area contributed by atoms with Gasteiger partial charge in [0.1, 0.15) is 5.82 Å². The van der Waals surface area contributed by atoms with Crippen molar-refractivity contribution in [3.8, 4) is 11.3 Å². The first kappa shape index (κ1) is 21.7. The molecule has 32 heavy (non-hydrogen) atoms. The van der Waals surface area contributed by atoms with Crippen molar-refractivity contribution in [2.24, 2.45) is 5.92 Å². The Labute approximate surface area is 186 Å². The lowest BCUT2D eigenvalue weighted by atomic mass is 9.89. The number of aromatic amines is 1. The maximum Gasteiger partial charge on any atom is 0.227 e. The Kier molecular flexibility index (Phi) is 6.63. The van der Waals surface area contributed by atoms with Gasteiger partial charge < -0.3 is 10.2 Å². The SMILES string of the molecule is CN(CCCc1cc(-c2cccc(F)c2)n[nH]1)C(=O)CCC1Cc2ccccc2NC1=O. The van der Waals surface area contributed by atoms with Crippen molar-refractivity contribution in [2.75, 3.05) is 18.9 Å². The summed E-state index contributed by atoms with van der Waals surface area (Å²) in [6.07, 6.45) is 3.09. The van der Waals surface area contributed by atoms with Gasteiger partial charge in [-0.1, -0.05) is 30.3 Å². The summed E-state index contributed by atoms with van der Waals surface area (Å²) in [6.45, 7) is 0.618. The summed E-state index contributed by atoms with van der Waals surface area (Å²) >= 11 is 0. The zero-order chi connectivity index (χ0) is 22.5. The zero-order valence-electron chi connectivity index (χ0n) is 18.1. The summed E-state index contributed by atoms with van der Waals surface area (Å²) in [5.41, 5.74) is 4.37. The number of benzene rings is 2. The third kappa shape index (κ3) is 5.22. The molecule has 0 saturated carbocycles. The maximum absolute atomic E-state index is 13.4. The minimum atomic E-state index is -0.290. The Balaban J connectivity index is 1.21. The molecule has 3 aromatic rings. The number of rotatable bonds is 8. The highest BCUT2D eigenvalue weighted by Crippen LogP contribution is 2.27. The number of aryl methyl sites for hydroxylation is 1. The van der Waals surface area contributed by atoms with Crippen LogP contribution in [0.5, 0.6) is 0 Å². The molecule has 1 aliphatic rings. The smallest absolute Gasteiger partial charge is 0.227 e. The zero-order valence-corrected chi connectivity index (χ0v) is 18.1. The van der Waals surface area contributed by atoms with E-state index >= 15 is 0 Å². The maximum atomic E-state index is 13.4. The standard InChI is InChI=1S/C25H27FN4O2/c1-30(13-5-9-21-16-23(29-28-21)18-7-4-8-20(26)15-18)24(31)12-11-19-14-17-6-2-3-10-22(17)27-25(19)32/h2-4,6-8,10,15-16,19H,5,9,11-14H2,1H3,(H,27,32)(H,28,29). The van der Waals surface area contributed by atoms with E-state index < -0.39 is 0 Å². The van der Waals surface area contributed by atoms with Gasteiger partial charge in [-0.15, -0.1) is 0 Å². The second-order valence-electron chi connectivity index (χ2n) is 8.29. The van der Waals surface area contributed by atoms with Crippen LogP contribution >= 0.6 is 0 Å². The molecule has 0 aliphatic carbocycles. The average Bonchev–Trinajstić information content (AvgIpc) is 3.26. The quantitative estimate of drug-likeness (QED) is 0.558. The van der Waals surface area contributed by atoms with E-state index in [-0.39, 0.29) is 23.5 Å². The summed E-state index contributed by atoms with van der Waals surface area (Å²) in [6, 6.07) is 16.1. The lowest BCUT2D eigenvalue weighted by Gasteiger charge is -2.25. The van der Waals surface area contributed by atoms with Crippen molar-refractivity contribution < 1.29 is 14.0 Å². The number of amides is 2. The molecule has 0 fully saturated rings. The number of para-hydroxylation sites is 1. The van der Waals surface area contributed by atoms with Crippen LogP contribution in [-0.4, -0.2) is 40.5 Å². The van der Waals surface area contributed by atoms with Crippen LogP contribution in [0, 0.1) is 11.7 Å². The molecule has 0 radical (unpaired) electrons. The molecule has 7 heteroatoms.